The largest absolute Gasteiger partial charge is 0.485 e. The number of rotatable bonds is 7. The highest BCUT2D eigenvalue weighted by Gasteiger charge is 2.13. The summed E-state index contributed by atoms with van der Waals surface area (Å²) in [5, 5.41) is 2.85. The van der Waals surface area contributed by atoms with E-state index in [1.807, 2.05) is 51.1 Å². The van der Waals surface area contributed by atoms with E-state index in [0.717, 1.165) is 21.3 Å². The molecule has 4 rings (SSSR count). The normalized spacial score (nSPS) is 10.9. The van der Waals surface area contributed by atoms with E-state index in [4.69, 9.17) is 14.0 Å². The topological polar surface area (TPSA) is 95.1 Å². The van der Waals surface area contributed by atoms with Crippen LogP contribution in [0.1, 0.15) is 28.1 Å². The lowest BCUT2D eigenvalue weighted by molar-refractivity contribution is -0.118. The molecule has 0 aliphatic rings. The van der Waals surface area contributed by atoms with Crippen LogP contribution in [-0.2, 0) is 11.4 Å². The van der Waals surface area contributed by atoms with E-state index in [1.165, 1.54) is 6.07 Å². The second-order valence-corrected chi connectivity index (χ2v) is 7.93. The van der Waals surface area contributed by atoms with Gasteiger partial charge in [0.1, 0.15) is 23.9 Å². The molecular formula is C25H25N3O5. The lowest BCUT2D eigenvalue weighted by Gasteiger charge is -2.15. The van der Waals surface area contributed by atoms with Crippen molar-refractivity contribution in [3.63, 3.8) is 0 Å². The van der Waals surface area contributed by atoms with Gasteiger partial charge in [0.15, 0.2) is 12.3 Å². The van der Waals surface area contributed by atoms with E-state index in [1.54, 1.807) is 19.1 Å². The summed E-state index contributed by atoms with van der Waals surface area (Å²) in [5.74, 6) is 1.45. The molecule has 1 N–H and O–H groups in total. The third kappa shape index (κ3) is 5.06. The monoisotopic (exact) mass is 447 g/mol. The molecule has 0 saturated heterocycles. The van der Waals surface area contributed by atoms with Crippen LogP contribution in [0.5, 0.6) is 11.5 Å². The number of amides is 1. The summed E-state index contributed by atoms with van der Waals surface area (Å²) < 4.78 is 18.1. The SMILES string of the molecule is Cc1ccc(OCc2cc(=O)n3oc(C)cc3n2)c(NC(=O)COc2c(C)cccc2C)c1. The smallest absolute Gasteiger partial charge is 0.287 e. The molecule has 0 aliphatic heterocycles. The molecule has 2 aromatic carbocycles. The number of carbonyl (C=O) groups is 1. The van der Waals surface area contributed by atoms with Crippen LogP contribution in [0.2, 0.25) is 0 Å². The highest BCUT2D eigenvalue weighted by Crippen LogP contribution is 2.27. The summed E-state index contributed by atoms with van der Waals surface area (Å²) in [7, 11) is 0. The molecule has 0 unspecified atom stereocenters. The number of benzene rings is 2. The van der Waals surface area contributed by atoms with E-state index in [2.05, 4.69) is 10.3 Å². The molecule has 2 heterocycles. The molecule has 0 aliphatic carbocycles. The van der Waals surface area contributed by atoms with Gasteiger partial charge < -0.3 is 19.3 Å². The lowest BCUT2D eigenvalue weighted by atomic mass is 10.1. The van der Waals surface area contributed by atoms with Crippen LogP contribution in [0.25, 0.3) is 5.65 Å². The zero-order valence-corrected chi connectivity index (χ0v) is 19.0. The van der Waals surface area contributed by atoms with Gasteiger partial charge in [-0.05, 0) is 56.5 Å². The number of anilines is 1. The number of nitrogens with zero attached hydrogens (tertiary/aromatic N) is 2. The predicted molar refractivity (Wildman–Crippen MR) is 124 cm³/mol. The van der Waals surface area contributed by atoms with Gasteiger partial charge in [0, 0.05) is 12.1 Å². The first kappa shape index (κ1) is 22.1. The van der Waals surface area contributed by atoms with Gasteiger partial charge in [-0.2, -0.15) is 0 Å². The number of hydrogen-bond donors (Lipinski definition) is 1. The maximum absolute atomic E-state index is 12.6. The third-order valence-electron chi connectivity index (χ3n) is 5.07. The number of carbonyl (C=O) groups excluding carboxylic acids is 1. The second-order valence-electron chi connectivity index (χ2n) is 7.93. The Morgan fingerprint density at radius 2 is 1.79 bits per heavy atom. The molecule has 0 radical (unpaired) electrons. The molecule has 8 heteroatoms. The van der Waals surface area contributed by atoms with Crippen molar-refractivity contribution in [3.8, 4) is 11.5 Å². The van der Waals surface area contributed by atoms with Gasteiger partial charge in [0.2, 0.25) is 0 Å². The van der Waals surface area contributed by atoms with Crippen LogP contribution in [0.4, 0.5) is 5.69 Å². The van der Waals surface area contributed by atoms with E-state index in [9.17, 15) is 9.59 Å². The van der Waals surface area contributed by atoms with Gasteiger partial charge in [-0.1, -0.05) is 24.3 Å². The Bertz CT molecular complexity index is 1370. The highest BCUT2D eigenvalue weighted by molar-refractivity contribution is 5.93. The number of fused-ring (bicyclic) bond motifs is 1. The molecule has 4 aromatic rings. The Labute approximate surface area is 190 Å². The number of para-hydroxylation sites is 1. The summed E-state index contributed by atoms with van der Waals surface area (Å²) in [4.78, 5) is 29.2. The van der Waals surface area contributed by atoms with E-state index in [-0.39, 0.29) is 24.7 Å². The molecule has 0 spiro atoms. The fraction of sp³-hybridized carbons (Fsp3) is 0.240. The maximum atomic E-state index is 12.6. The van der Waals surface area contributed by atoms with Crippen molar-refractivity contribution >= 4 is 17.2 Å². The van der Waals surface area contributed by atoms with Crippen molar-refractivity contribution in [2.75, 3.05) is 11.9 Å². The van der Waals surface area contributed by atoms with Crippen molar-refractivity contribution in [3.05, 3.63) is 87.0 Å². The zero-order chi connectivity index (χ0) is 23.5. The van der Waals surface area contributed by atoms with Gasteiger partial charge in [0.25, 0.3) is 11.5 Å². The number of aromatic nitrogens is 2. The van der Waals surface area contributed by atoms with Crippen LogP contribution >= 0.6 is 0 Å². The summed E-state index contributed by atoms with van der Waals surface area (Å²) in [6, 6.07) is 14.3. The molecule has 0 fully saturated rings. The van der Waals surface area contributed by atoms with Crippen molar-refractivity contribution in [1.82, 2.24) is 9.56 Å². The van der Waals surface area contributed by atoms with Crippen molar-refractivity contribution in [2.45, 2.75) is 34.3 Å². The Balaban J connectivity index is 1.46. The Kier molecular flexibility index (Phi) is 6.17. The average molecular weight is 447 g/mol. The van der Waals surface area contributed by atoms with Crippen molar-refractivity contribution in [1.29, 1.82) is 0 Å². The number of nitrogens with one attached hydrogen (secondary N) is 1. The number of ether oxygens (including phenoxy) is 2. The Morgan fingerprint density at radius 3 is 2.55 bits per heavy atom. The van der Waals surface area contributed by atoms with Gasteiger partial charge in [-0.25, -0.2) is 4.98 Å². The number of aryl methyl sites for hydroxylation is 4. The molecule has 2 aromatic heterocycles. The lowest BCUT2D eigenvalue weighted by Crippen LogP contribution is -2.21. The highest BCUT2D eigenvalue weighted by atomic mass is 16.5. The Morgan fingerprint density at radius 1 is 1.03 bits per heavy atom. The average Bonchev–Trinajstić information content (AvgIpc) is 3.13. The fourth-order valence-corrected chi connectivity index (χ4v) is 3.52. The molecule has 1 amide bonds. The van der Waals surface area contributed by atoms with Crippen LogP contribution in [0.3, 0.4) is 0 Å². The molecule has 0 bridgehead atoms. The summed E-state index contributed by atoms with van der Waals surface area (Å²) in [6.07, 6.45) is 0. The van der Waals surface area contributed by atoms with Crippen LogP contribution in [0, 0.1) is 27.7 Å². The van der Waals surface area contributed by atoms with Crippen molar-refractivity contribution in [2.24, 2.45) is 0 Å². The number of hydrogen-bond acceptors (Lipinski definition) is 6. The molecule has 8 nitrogen and oxygen atoms in total. The predicted octanol–water partition coefficient (Wildman–Crippen LogP) is 4.12. The maximum Gasteiger partial charge on any atom is 0.287 e. The Hall–Kier alpha value is -4.07. The first-order valence-electron chi connectivity index (χ1n) is 10.5. The summed E-state index contributed by atoms with van der Waals surface area (Å²) in [5.41, 5.74) is 3.96. The van der Waals surface area contributed by atoms with Crippen LogP contribution < -0.4 is 20.3 Å². The van der Waals surface area contributed by atoms with Gasteiger partial charge in [-0.3, -0.25) is 9.59 Å². The molecule has 0 atom stereocenters. The first-order chi connectivity index (χ1) is 15.8. The zero-order valence-electron chi connectivity index (χ0n) is 19.0. The van der Waals surface area contributed by atoms with Gasteiger partial charge in [-0.15, -0.1) is 4.57 Å². The van der Waals surface area contributed by atoms with Gasteiger partial charge in [0.05, 0.1) is 11.4 Å². The minimum absolute atomic E-state index is 0.0564. The van der Waals surface area contributed by atoms with Gasteiger partial charge >= 0.3 is 0 Å². The first-order valence-corrected chi connectivity index (χ1v) is 10.5. The van der Waals surface area contributed by atoms with E-state index < -0.39 is 0 Å². The van der Waals surface area contributed by atoms with E-state index >= 15 is 0 Å². The van der Waals surface area contributed by atoms with E-state index in [0.29, 0.717) is 34.3 Å². The summed E-state index contributed by atoms with van der Waals surface area (Å²) in [6.45, 7) is 7.47. The molecule has 33 heavy (non-hydrogen) atoms. The molecule has 0 saturated carbocycles. The summed E-state index contributed by atoms with van der Waals surface area (Å²) >= 11 is 0. The van der Waals surface area contributed by atoms with Crippen LogP contribution in [-0.4, -0.2) is 22.1 Å². The minimum Gasteiger partial charge on any atom is -0.485 e. The van der Waals surface area contributed by atoms with Crippen molar-refractivity contribution < 1.29 is 18.8 Å². The van der Waals surface area contributed by atoms with Crippen LogP contribution in [0.15, 0.2) is 57.8 Å². The minimum atomic E-state index is -0.326. The fourth-order valence-electron chi connectivity index (χ4n) is 3.52. The second kappa shape index (κ2) is 9.20. The third-order valence-corrected chi connectivity index (χ3v) is 5.07. The standard InChI is InChI=1S/C25H25N3O5/c1-15-8-9-21(31-13-19-12-24(30)28-22(26-19)11-18(4)33-28)20(10-15)27-23(29)14-32-25-16(2)6-5-7-17(25)3/h5-12H,13-14H2,1-4H3,(H,27,29). The molecule has 170 valence electrons. The quantitative estimate of drug-likeness (QED) is 0.458. The molecular weight excluding hydrogens is 422 g/mol.